The van der Waals surface area contributed by atoms with Crippen LogP contribution in [-0.2, 0) is 4.74 Å². The first-order chi connectivity index (χ1) is 8.22. The van der Waals surface area contributed by atoms with E-state index in [0.717, 1.165) is 15.9 Å². The molecular weight excluding hydrogens is 238 g/mol. The molecule has 1 aromatic carbocycles. The Bertz CT molecular complexity index is 538. The molecule has 2 rings (SSSR count). The number of carbonyl (C=O) groups excluding carboxylic acids is 1. The number of hydrogen-bond donors (Lipinski definition) is 2. The number of nitrogens with one attached hydrogen (secondary N) is 2. The molecule has 0 saturated heterocycles. The number of hydrogen-bond acceptors (Lipinski definition) is 4. The second kappa shape index (κ2) is 5.09. The summed E-state index contributed by atoms with van der Waals surface area (Å²) in [7, 11) is 0. The van der Waals surface area contributed by atoms with Crippen molar-refractivity contribution in [2.45, 2.75) is 11.8 Å². The first kappa shape index (κ1) is 11.8. The van der Waals surface area contributed by atoms with Gasteiger partial charge in [0.25, 0.3) is 0 Å². The van der Waals surface area contributed by atoms with Crippen LogP contribution in [0.5, 0.6) is 0 Å². The molecule has 2 N–H and O–H groups in total. The summed E-state index contributed by atoms with van der Waals surface area (Å²) < 4.78 is 4.77. The van der Waals surface area contributed by atoms with E-state index in [1.807, 2.05) is 24.5 Å². The molecule has 90 valence electrons. The summed E-state index contributed by atoms with van der Waals surface area (Å²) in [6, 6.07) is 5.89. The number of aromatic amines is 1. The second-order valence-electron chi connectivity index (χ2n) is 3.31. The summed E-state index contributed by atoms with van der Waals surface area (Å²) in [5, 5.41) is 2.54. The molecular formula is C11H13N3O2S. The van der Waals surface area contributed by atoms with Crippen molar-refractivity contribution >= 4 is 34.8 Å². The van der Waals surface area contributed by atoms with Gasteiger partial charge in [-0.2, -0.15) is 0 Å². The maximum absolute atomic E-state index is 11.2. The second-order valence-corrected chi connectivity index (χ2v) is 4.19. The predicted molar refractivity (Wildman–Crippen MR) is 68.5 cm³/mol. The summed E-state index contributed by atoms with van der Waals surface area (Å²) in [6.45, 7) is 2.09. The molecule has 0 unspecified atom stereocenters. The number of fused-ring (bicyclic) bond motifs is 1. The van der Waals surface area contributed by atoms with Crippen molar-refractivity contribution in [2.75, 3.05) is 18.2 Å². The summed E-state index contributed by atoms with van der Waals surface area (Å²) in [5.74, 6) is 0.400. The van der Waals surface area contributed by atoms with E-state index in [2.05, 4.69) is 15.3 Å². The number of imidazole rings is 1. The summed E-state index contributed by atoms with van der Waals surface area (Å²) >= 11 is 1.66. The summed E-state index contributed by atoms with van der Waals surface area (Å²) in [4.78, 5) is 19.6. The minimum Gasteiger partial charge on any atom is -0.450 e. The van der Waals surface area contributed by atoms with Crippen LogP contribution in [-0.4, -0.2) is 28.9 Å². The largest absolute Gasteiger partial charge is 0.450 e. The Balaban J connectivity index is 2.22. The maximum Gasteiger partial charge on any atom is 0.413 e. The highest BCUT2D eigenvalue weighted by atomic mass is 32.2. The zero-order valence-corrected chi connectivity index (χ0v) is 10.4. The van der Waals surface area contributed by atoms with E-state index in [-0.39, 0.29) is 0 Å². The highest BCUT2D eigenvalue weighted by Crippen LogP contribution is 2.21. The number of carbonyl (C=O) groups is 1. The smallest absolute Gasteiger partial charge is 0.413 e. The molecule has 1 heterocycles. The van der Waals surface area contributed by atoms with Gasteiger partial charge >= 0.3 is 6.09 Å². The normalized spacial score (nSPS) is 10.5. The molecule has 0 fully saturated rings. The van der Waals surface area contributed by atoms with Crippen LogP contribution >= 0.6 is 11.8 Å². The number of anilines is 1. The fourth-order valence-electron chi connectivity index (χ4n) is 1.44. The van der Waals surface area contributed by atoms with E-state index in [9.17, 15) is 4.79 Å². The van der Waals surface area contributed by atoms with Crippen LogP contribution in [0, 0.1) is 0 Å². The third kappa shape index (κ3) is 2.71. The number of aromatic nitrogens is 2. The molecule has 0 aliphatic carbocycles. The van der Waals surface area contributed by atoms with E-state index in [0.29, 0.717) is 12.6 Å². The van der Waals surface area contributed by atoms with E-state index in [4.69, 9.17) is 4.74 Å². The SMILES string of the molecule is CCOC(=O)Nc1nc2ccc(SC)cc2[nH]1. The number of ether oxygens (including phenoxy) is 1. The van der Waals surface area contributed by atoms with Gasteiger partial charge in [0.15, 0.2) is 0 Å². The van der Waals surface area contributed by atoms with Crippen LogP contribution in [0.25, 0.3) is 11.0 Å². The average molecular weight is 251 g/mol. The Morgan fingerprint density at radius 2 is 2.41 bits per heavy atom. The highest BCUT2D eigenvalue weighted by molar-refractivity contribution is 7.98. The molecule has 17 heavy (non-hydrogen) atoms. The lowest BCUT2D eigenvalue weighted by molar-refractivity contribution is 0.167. The third-order valence-electron chi connectivity index (χ3n) is 2.18. The van der Waals surface area contributed by atoms with Crippen molar-refractivity contribution in [2.24, 2.45) is 0 Å². The maximum atomic E-state index is 11.2. The van der Waals surface area contributed by atoms with Gasteiger partial charge in [-0.05, 0) is 31.4 Å². The number of amides is 1. The molecule has 0 aliphatic heterocycles. The van der Waals surface area contributed by atoms with E-state index in [1.165, 1.54) is 0 Å². The van der Waals surface area contributed by atoms with Gasteiger partial charge in [0, 0.05) is 4.90 Å². The molecule has 0 bridgehead atoms. The van der Waals surface area contributed by atoms with Crippen LogP contribution < -0.4 is 5.32 Å². The molecule has 2 aromatic rings. The third-order valence-corrected chi connectivity index (χ3v) is 2.91. The zero-order chi connectivity index (χ0) is 12.3. The number of thioether (sulfide) groups is 1. The minimum absolute atomic E-state index is 0.336. The lowest BCUT2D eigenvalue weighted by Gasteiger charge is -2.00. The lowest BCUT2D eigenvalue weighted by atomic mass is 10.3. The molecule has 0 radical (unpaired) electrons. The van der Waals surface area contributed by atoms with Gasteiger partial charge in [-0.1, -0.05) is 0 Å². The van der Waals surface area contributed by atoms with E-state index in [1.54, 1.807) is 18.7 Å². The Labute approximate surface area is 103 Å². The van der Waals surface area contributed by atoms with E-state index < -0.39 is 6.09 Å². The lowest BCUT2D eigenvalue weighted by Crippen LogP contribution is -2.14. The Hall–Kier alpha value is -1.69. The first-order valence-electron chi connectivity index (χ1n) is 5.20. The van der Waals surface area contributed by atoms with Crippen LogP contribution in [0.15, 0.2) is 23.1 Å². The minimum atomic E-state index is -0.503. The Kier molecular flexibility index (Phi) is 3.53. The number of rotatable bonds is 3. The topological polar surface area (TPSA) is 67.0 Å². The van der Waals surface area contributed by atoms with Crippen molar-refractivity contribution in [1.29, 1.82) is 0 Å². The molecule has 1 amide bonds. The molecule has 0 aliphatic rings. The van der Waals surface area contributed by atoms with Gasteiger partial charge in [0.05, 0.1) is 17.6 Å². The number of benzene rings is 1. The molecule has 0 atom stereocenters. The fourth-order valence-corrected chi connectivity index (χ4v) is 1.88. The van der Waals surface area contributed by atoms with Gasteiger partial charge in [-0.15, -0.1) is 11.8 Å². The molecule has 5 nitrogen and oxygen atoms in total. The molecule has 0 saturated carbocycles. The quantitative estimate of drug-likeness (QED) is 0.823. The van der Waals surface area contributed by atoms with Crippen molar-refractivity contribution in [1.82, 2.24) is 9.97 Å². The number of H-pyrrole nitrogens is 1. The van der Waals surface area contributed by atoms with Crippen LogP contribution in [0.4, 0.5) is 10.7 Å². The van der Waals surface area contributed by atoms with Crippen molar-refractivity contribution in [3.8, 4) is 0 Å². The van der Waals surface area contributed by atoms with Gasteiger partial charge in [0.1, 0.15) is 0 Å². The van der Waals surface area contributed by atoms with Gasteiger partial charge in [0.2, 0.25) is 5.95 Å². The summed E-state index contributed by atoms with van der Waals surface area (Å²) in [5.41, 5.74) is 1.71. The van der Waals surface area contributed by atoms with Gasteiger partial charge < -0.3 is 9.72 Å². The number of nitrogens with zero attached hydrogens (tertiary/aromatic N) is 1. The molecule has 0 spiro atoms. The predicted octanol–water partition coefficient (Wildman–Crippen LogP) is 2.85. The molecule has 1 aromatic heterocycles. The van der Waals surface area contributed by atoms with Crippen LogP contribution in [0.3, 0.4) is 0 Å². The molecule has 6 heteroatoms. The van der Waals surface area contributed by atoms with Gasteiger partial charge in [-0.3, -0.25) is 5.32 Å². The standard InChI is InChI=1S/C11H13N3O2S/c1-3-16-11(15)14-10-12-8-5-4-7(17-2)6-9(8)13-10/h4-6H,3H2,1-2H3,(H2,12,13,14,15). The summed E-state index contributed by atoms with van der Waals surface area (Å²) in [6.07, 6.45) is 1.51. The van der Waals surface area contributed by atoms with Crippen molar-refractivity contribution in [3.63, 3.8) is 0 Å². The monoisotopic (exact) mass is 251 g/mol. The Morgan fingerprint density at radius 1 is 1.59 bits per heavy atom. The van der Waals surface area contributed by atoms with E-state index >= 15 is 0 Å². The van der Waals surface area contributed by atoms with Crippen molar-refractivity contribution in [3.05, 3.63) is 18.2 Å². The first-order valence-corrected chi connectivity index (χ1v) is 6.43. The Morgan fingerprint density at radius 3 is 3.12 bits per heavy atom. The van der Waals surface area contributed by atoms with Gasteiger partial charge in [-0.25, -0.2) is 9.78 Å². The van der Waals surface area contributed by atoms with Crippen LogP contribution in [0.1, 0.15) is 6.92 Å². The zero-order valence-electron chi connectivity index (χ0n) is 9.61. The van der Waals surface area contributed by atoms with Crippen LogP contribution in [0.2, 0.25) is 0 Å². The fraction of sp³-hybridized carbons (Fsp3) is 0.273. The highest BCUT2D eigenvalue weighted by Gasteiger charge is 2.07. The van der Waals surface area contributed by atoms with Crippen molar-refractivity contribution < 1.29 is 9.53 Å². The average Bonchev–Trinajstić information content (AvgIpc) is 2.69.